The molecule has 0 fully saturated rings. The Morgan fingerprint density at radius 3 is 2.28 bits per heavy atom. The van der Waals surface area contributed by atoms with Crippen LogP contribution in [-0.2, 0) is 14.3 Å². The predicted molar refractivity (Wildman–Crippen MR) is 71.8 cm³/mol. The number of Topliss-reactive ketones (excluding diaryl/α,β-unsaturated/α-hetero) is 1. The molecule has 1 aromatic rings. The third-order valence-electron chi connectivity index (χ3n) is 2.16. The fourth-order valence-corrected chi connectivity index (χ4v) is 1.81. The molecule has 0 aliphatic carbocycles. The van der Waals surface area contributed by atoms with Crippen molar-refractivity contribution in [2.75, 3.05) is 6.61 Å². The summed E-state index contributed by atoms with van der Waals surface area (Å²) in [5.74, 6) is -1.08. The molecule has 0 aliphatic heterocycles. The van der Waals surface area contributed by atoms with Crippen molar-refractivity contribution in [3.63, 3.8) is 0 Å². The molecule has 0 bridgehead atoms. The molecule has 96 valence electrons. The first-order valence-electron chi connectivity index (χ1n) is 5.31. The van der Waals surface area contributed by atoms with Crippen molar-refractivity contribution in [3.8, 4) is 0 Å². The lowest BCUT2D eigenvalue weighted by molar-refractivity contribution is -0.139. The van der Waals surface area contributed by atoms with Crippen LogP contribution in [0.15, 0.2) is 23.8 Å². The van der Waals surface area contributed by atoms with Gasteiger partial charge in [-0.15, -0.1) is 0 Å². The van der Waals surface area contributed by atoms with Gasteiger partial charge in [0.1, 0.15) is 5.57 Å². The SMILES string of the molecule is CCOC(=O)/C(=C/c1c(Cl)cccc1Cl)C(C)=O. The van der Waals surface area contributed by atoms with Crippen LogP contribution < -0.4 is 0 Å². The highest BCUT2D eigenvalue weighted by Gasteiger charge is 2.17. The molecule has 0 saturated carbocycles. The number of hydrogen-bond acceptors (Lipinski definition) is 3. The van der Waals surface area contributed by atoms with Crippen molar-refractivity contribution >= 4 is 41.0 Å². The Morgan fingerprint density at radius 1 is 1.28 bits per heavy atom. The lowest BCUT2D eigenvalue weighted by Gasteiger charge is -2.06. The summed E-state index contributed by atoms with van der Waals surface area (Å²) in [5.41, 5.74) is 0.353. The van der Waals surface area contributed by atoms with E-state index in [2.05, 4.69) is 0 Å². The van der Waals surface area contributed by atoms with Gasteiger partial charge in [0.25, 0.3) is 0 Å². The van der Waals surface area contributed by atoms with Crippen LogP contribution in [0, 0.1) is 0 Å². The number of rotatable bonds is 4. The van der Waals surface area contributed by atoms with Gasteiger partial charge in [-0.25, -0.2) is 4.79 Å². The summed E-state index contributed by atoms with van der Waals surface area (Å²) >= 11 is 11.9. The van der Waals surface area contributed by atoms with Crippen LogP contribution in [0.5, 0.6) is 0 Å². The first-order chi connectivity index (χ1) is 8.47. The van der Waals surface area contributed by atoms with Crippen LogP contribution in [0.4, 0.5) is 0 Å². The molecule has 0 radical (unpaired) electrons. The predicted octanol–water partition coefficient (Wildman–Crippen LogP) is 3.53. The molecule has 0 N–H and O–H groups in total. The zero-order valence-corrected chi connectivity index (χ0v) is 11.5. The molecule has 0 amide bonds. The zero-order chi connectivity index (χ0) is 13.7. The van der Waals surface area contributed by atoms with Crippen molar-refractivity contribution in [2.24, 2.45) is 0 Å². The van der Waals surface area contributed by atoms with Crippen molar-refractivity contribution < 1.29 is 14.3 Å². The lowest BCUT2D eigenvalue weighted by atomic mass is 10.1. The van der Waals surface area contributed by atoms with E-state index in [4.69, 9.17) is 27.9 Å². The summed E-state index contributed by atoms with van der Waals surface area (Å²) in [6, 6.07) is 4.93. The molecule has 0 heterocycles. The van der Waals surface area contributed by atoms with E-state index in [0.29, 0.717) is 15.6 Å². The van der Waals surface area contributed by atoms with Crippen molar-refractivity contribution in [1.82, 2.24) is 0 Å². The monoisotopic (exact) mass is 286 g/mol. The summed E-state index contributed by atoms with van der Waals surface area (Å²) in [7, 11) is 0. The Bertz CT molecular complexity index is 487. The van der Waals surface area contributed by atoms with Crippen LogP contribution in [0.3, 0.4) is 0 Å². The molecule has 0 aliphatic rings. The molecule has 0 aromatic heterocycles. The summed E-state index contributed by atoms with van der Waals surface area (Å²) in [6.07, 6.45) is 1.35. The van der Waals surface area contributed by atoms with Gasteiger partial charge in [0, 0.05) is 15.6 Å². The van der Waals surface area contributed by atoms with Gasteiger partial charge in [0.05, 0.1) is 6.61 Å². The minimum Gasteiger partial charge on any atom is -0.462 e. The van der Waals surface area contributed by atoms with Crippen molar-refractivity contribution in [2.45, 2.75) is 13.8 Å². The van der Waals surface area contributed by atoms with Gasteiger partial charge in [-0.2, -0.15) is 0 Å². The molecular weight excluding hydrogens is 275 g/mol. The largest absolute Gasteiger partial charge is 0.462 e. The number of carbonyl (C=O) groups excluding carboxylic acids is 2. The second kappa shape index (κ2) is 6.57. The van der Waals surface area contributed by atoms with Crippen LogP contribution >= 0.6 is 23.2 Å². The molecule has 0 atom stereocenters. The van der Waals surface area contributed by atoms with Crippen LogP contribution in [-0.4, -0.2) is 18.4 Å². The van der Waals surface area contributed by atoms with E-state index in [-0.39, 0.29) is 12.2 Å². The molecular formula is C13H12Cl2O3. The van der Waals surface area contributed by atoms with Gasteiger partial charge < -0.3 is 4.74 Å². The molecule has 18 heavy (non-hydrogen) atoms. The summed E-state index contributed by atoms with van der Waals surface area (Å²) in [6.45, 7) is 3.14. The van der Waals surface area contributed by atoms with Crippen LogP contribution in [0.1, 0.15) is 19.4 Å². The number of ketones is 1. The number of benzene rings is 1. The molecule has 5 heteroatoms. The van der Waals surface area contributed by atoms with E-state index >= 15 is 0 Å². The molecule has 0 saturated heterocycles. The van der Waals surface area contributed by atoms with Crippen molar-refractivity contribution in [3.05, 3.63) is 39.4 Å². The Kier molecular flexibility index (Phi) is 5.38. The van der Waals surface area contributed by atoms with Crippen LogP contribution in [0.25, 0.3) is 6.08 Å². The van der Waals surface area contributed by atoms with E-state index in [0.717, 1.165) is 0 Å². The number of ether oxygens (including phenoxy) is 1. The third kappa shape index (κ3) is 3.59. The van der Waals surface area contributed by atoms with Gasteiger partial charge in [-0.3, -0.25) is 4.79 Å². The number of esters is 1. The van der Waals surface area contributed by atoms with E-state index in [9.17, 15) is 9.59 Å². The molecule has 3 nitrogen and oxygen atoms in total. The normalized spacial score (nSPS) is 11.2. The van der Waals surface area contributed by atoms with E-state index < -0.39 is 11.8 Å². The van der Waals surface area contributed by atoms with Gasteiger partial charge in [-0.1, -0.05) is 29.3 Å². The Labute approximate surface area is 115 Å². The molecule has 0 unspecified atom stereocenters. The number of hydrogen-bond donors (Lipinski definition) is 0. The van der Waals surface area contributed by atoms with E-state index in [1.54, 1.807) is 25.1 Å². The summed E-state index contributed by atoms with van der Waals surface area (Å²) in [4.78, 5) is 23.0. The molecule has 0 spiro atoms. The molecule has 1 rings (SSSR count). The Balaban J connectivity index is 3.25. The van der Waals surface area contributed by atoms with Gasteiger partial charge in [0.2, 0.25) is 0 Å². The first kappa shape index (κ1) is 14.7. The zero-order valence-electron chi connectivity index (χ0n) is 10.00. The highest BCUT2D eigenvalue weighted by atomic mass is 35.5. The second-order valence-corrected chi connectivity index (χ2v) is 4.28. The average Bonchev–Trinajstić information content (AvgIpc) is 2.28. The maximum Gasteiger partial charge on any atom is 0.341 e. The highest BCUT2D eigenvalue weighted by molar-refractivity contribution is 6.37. The summed E-state index contributed by atoms with van der Waals surface area (Å²) < 4.78 is 4.80. The topological polar surface area (TPSA) is 43.4 Å². The Hall–Kier alpha value is -1.32. The fraction of sp³-hybridized carbons (Fsp3) is 0.231. The fourth-order valence-electron chi connectivity index (χ4n) is 1.31. The average molecular weight is 287 g/mol. The number of carbonyl (C=O) groups is 2. The highest BCUT2D eigenvalue weighted by Crippen LogP contribution is 2.27. The minimum absolute atomic E-state index is 0.0770. The summed E-state index contributed by atoms with van der Waals surface area (Å²) in [5, 5.41) is 0.732. The van der Waals surface area contributed by atoms with E-state index in [1.165, 1.54) is 13.0 Å². The Morgan fingerprint density at radius 2 is 1.83 bits per heavy atom. The number of halogens is 2. The smallest absolute Gasteiger partial charge is 0.341 e. The van der Waals surface area contributed by atoms with Crippen molar-refractivity contribution in [1.29, 1.82) is 0 Å². The molecule has 1 aromatic carbocycles. The minimum atomic E-state index is -0.680. The van der Waals surface area contributed by atoms with E-state index in [1.807, 2.05) is 0 Å². The quantitative estimate of drug-likeness (QED) is 0.368. The second-order valence-electron chi connectivity index (χ2n) is 3.47. The third-order valence-corrected chi connectivity index (χ3v) is 2.82. The van der Waals surface area contributed by atoms with Gasteiger partial charge >= 0.3 is 5.97 Å². The first-order valence-corrected chi connectivity index (χ1v) is 6.06. The standard InChI is InChI=1S/C13H12Cl2O3/c1-3-18-13(17)9(8(2)16)7-10-11(14)5-4-6-12(10)15/h4-7H,3H2,1-2H3/b9-7+. The maximum atomic E-state index is 11.6. The maximum absolute atomic E-state index is 11.6. The van der Waals surface area contributed by atoms with Gasteiger partial charge in [-0.05, 0) is 32.1 Å². The van der Waals surface area contributed by atoms with Crippen LogP contribution in [0.2, 0.25) is 10.0 Å². The lowest BCUT2D eigenvalue weighted by Crippen LogP contribution is -2.13. The van der Waals surface area contributed by atoms with Gasteiger partial charge in [0.15, 0.2) is 5.78 Å².